The van der Waals surface area contributed by atoms with E-state index in [1.165, 1.54) is 205 Å². The SMILES string of the molecule is CCCCCCC/C=C\C/C=C\C/C=C\CCCCCCCCCCCCCCCCCCCCCCCCC(=O)OC(COC(=O)CCCCCCCCCCC)COC(OCC[N+](C)(C)C)C(=O)[O-]. The molecule has 0 spiro atoms. The highest BCUT2D eigenvalue weighted by Crippen LogP contribution is 2.17. The van der Waals surface area contributed by atoms with Gasteiger partial charge in [-0.1, -0.05) is 256 Å². The number of carboxylic acid groups (broad SMARTS) is 1. The van der Waals surface area contributed by atoms with E-state index < -0.39 is 24.3 Å². The molecule has 416 valence electrons. The zero-order valence-electron chi connectivity index (χ0n) is 47.4. The molecule has 0 fully saturated rings. The summed E-state index contributed by atoms with van der Waals surface area (Å²) in [5.74, 6) is -2.27. The summed E-state index contributed by atoms with van der Waals surface area (Å²) in [6.07, 6.45) is 62.4. The van der Waals surface area contributed by atoms with E-state index in [2.05, 4.69) is 50.3 Å². The van der Waals surface area contributed by atoms with Crippen LogP contribution in [0.5, 0.6) is 0 Å². The highest BCUT2D eigenvalue weighted by molar-refractivity contribution is 5.70. The minimum Gasteiger partial charge on any atom is -0.545 e. The van der Waals surface area contributed by atoms with Gasteiger partial charge in [0, 0.05) is 12.8 Å². The molecule has 0 saturated carbocycles. The van der Waals surface area contributed by atoms with Crippen LogP contribution >= 0.6 is 0 Å². The largest absolute Gasteiger partial charge is 0.545 e. The van der Waals surface area contributed by atoms with E-state index in [9.17, 15) is 19.5 Å². The van der Waals surface area contributed by atoms with Gasteiger partial charge in [0.05, 0.1) is 40.3 Å². The predicted molar refractivity (Wildman–Crippen MR) is 297 cm³/mol. The van der Waals surface area contributed by atoms with E-state index in [4.69, 9.17) is 18.9 Å². The number of unbranched alkanes of at least 4 members (excludes halogenated alkanes) is 35. The van der Waals surface area contributed by atoms with Crippen molar-refractivity contribution in [1.82, 2.24) is 0 Å². The first kappa shape index (κ1) is 68.5. The standard InChI is InChI=1S/C62H115NO8/c1-6-8-10-12-14-16-17-18-19-20-21-22-23-24-25-26-27-28-29-30-31-32-33-34-35-36-37-38-39-40-41-42-43-45-47-49-51-53-60(65)71-58(57-70-62(61(66)67)68-55-54-63(3,4)5)56-69-59(64)52-50-48-46-44-15-13-11-9-7-2/h17-18,20-21,23-24,58,62H,6-16,19,22,25-57H2,1-5H3/b18-17-,21-20-,24-23-. The molecule has 0 amide bonds. The smallest absolute Gasteiger partial charge is 0.306 e. The number of hydrogen-bond donors (Lipinski definition) is 0. The van der Waals surface area contributed by atoms with Crippen molar-refractivity contribution in [2.24, 2.45) is 0 Å². The number of rotatable bonds is 56. The first-order chi connectivity index (χ1) is 34.6. The van der Waals surface area contributed by atoms with Crippen molar-refractivity contribution in [2.75, 3.05) is 47.5 Å². The van der Waals surface area contributed by atoms with Crippen LogP contribution in [0.15, 0.2) is 36.5 Å². The fourth-order valence-corrected chi connectivity index (χ4v) is 8.72. The summed E-state index contributed by atoms with van der Waals surface area (Å²) in [5, 5.41) is 11.7. The Hall–Kier alpha value is -2.49. The summed E-state index contributed by atoms with van der Waals surface area (Å²) in [6.45, 7) is 4.74. The molecule has 9 nitrogen and oxygen atoms in total. The van der Waals surface area contributed by atoms with Crippen LogP contribution in [-0.4, -0.2) is 82.3 Å². The van der Waals surface area contributed by atoms with Gasteiger partial charge in [0.25, 0.3) is 0 Å². The van der Waals surface area contributed by atoms with Crippen LogP contribution < -0.4 is 5.11 Å². The van der Waals surface area contributed by atoms with Crippen LogP contribution in [0.2, 0.25) is 0 Å². The summed E-state index contributed by atoms with van der Waals surface area (Å²) >= 11 is 0. The Morgan fingerprint density at radius 1 is 0.423 bits per heavy atom. The Morgan fingerprint density at radius 2 is 0.761 bits per heavy atom. The van der Waals surface area contributed by atoms with Crippen LogP contribution in [-0.2, 0) is 33.3 Å². The number of allylic oxidation sites excluding steroid dienone is 6. The van der Waals surface area contributed by atoms with Gasteiger partial charge in [-0.15, -0.1) is 0 Å². The van der Waals surface area contributed by atoms with Crippen molar-refractivity contribution in [2.45, 2.75) is 296 Å². The maximum atomic E-state index is 12.8. The Labute approximate surface area is 439 Å². The van der Waals surface area contributed by atoms with Crippen molar-refractivity contribution >= 4 is 17.9 Å². The van der Waals surface area contributed by atoms with Crippen molar-refractivity contribution in [3.8, 4) is 0 Å². The van der Waals surface area contributed by atoms with E-state index in [0.29, 0.717) is 17.4 Å². The Bertz CT molecular complexity index is 1260. The zero-order valence-corrected chi connectivity index (χ0v) is 47.4. The molecular weight excluding hydrogens is 887 g/mol. The van der Waals surface area contributed by atoms with Gasteiger partial charge in [0.15, 0.2) is 12.4 Å². The molecule has 0 rings (SSSR count). The predicted octanol–water partition coefficient (Wildman–Crippen LogP) is 16.3. The van der Waals surface area contributed by atoms with Crippen molar-refractivity contribution < 1.29 is 42.9 Å². The first-order valence-electron chi connectivity index (χ1n) is 30.1. The molecule has 0 aromatic carbocycles. The normalized spacial score (nSPS) is 13.0. The van der Waals surface area contributed by atoms with Gasteiger partial charge in [-0.3, -0.25) is 9.59 Å². The minimum atomic E-state index is -1.62. The molecule has 0 N–H and O–H groups in total. The number of likely N-dealkylation sites (N-methyl/N-ethyl adjacent to an activating group) is 1. The second-order valence-corrected chi connectivity index (χ2v) is 21.6. The van der Waals surface area contributed by atoms with Crippen LogP contribution in [0.4, 0.5) is 0 Å². The number of quaternary nitrogens is 1. The number of carboxylic acids is 1. The van der Waals surface area contributed by atoms with Crippen LogP contribution in [0.3, 0.4) is 0 Å². The van der Waals surface area contributed by atoms with Crippen molar-refractivity contribution in [3.63, 3.8) is 0 Å². The number of carbonyl (C=O) groups is 3. The quantitative estimate of drug-likeness (QED) is 0.0195. The van der Waals surface area contributed by atoms with Gasteiger partial charge in [-0.05, 0) is 51.4 Å². The van der Waals surface area contributed by atoms with E-state index in [-0.39, 0.29) is 32.2 Å². The van der Waals surface area contributed by atoms with E-state index in [0.717, 1.165) is 51.4 Å². The molecular formula is C62H115NO8. The van der Waals surface area contributed by atoms with Gasteiger partial charge in [0.2, 0.25) is 0 Å². The molecule has 9 heteroatoms. The lowest BCUT2D eigenvalue weighted by molar-refractivity contribution is -0.870. The Balaban J connectivity index is 3.91. The fourth-order valence-electron chi connectivity index (χ4n) is 8.72. The molecule has 0 aromatic heterocycles. The van der Waals surface area contributed by atoms with Crippen molar-refractivity contribution in [3.05, 3.63) is 36.5 Å². The topological polar surface area (TPSA) is 111 Å². The third-order valence-electron chi connectivity index (χ3n) is 13.4. The minimum absolute atomic E-state index is 0.151. The van der Waals surface area contributed by atoms with Gasteiger partial charge in [0.1, 0.15) is 13.2 Å². The molecule has 2 unspecified atom stereocenters. The molecule has 2 atom stereocenters. The lowest BCUT2D eigenvalue weighted by atomic mass is 10.0. The summed E-state index contributed by atoms with van der Waals surface area (Å²) in [4.78, 5) is 37.1. The van der Waals surface area contributed by atoms with Crippen LogP contribution in [0, 0.1) is 0 Å². The average Bonchev–Trinajstić information content (AvgIpc) is 3.34. The number of esters is 2. The molecule has 0 saturated heterocycles. The number of ether oxygens (including phenoxy) is 4. The summed E-state index contributed by atoms with van der Waals surface area (Å²) in [6, 6.07) is 0. The van der Waals surface area contributed by atoms with Crippen LogP contribution in [0.25, 0.3) is 0 Å². The maximum Gasteiger partial charge on any atom is 0.306 e. The third-order valence-corrected chi connectivity index (χ3v) is 13.4. The molecule has 0 heterocycles. The monoisotopic (exact) mass is 1000 g/mol. The average molecular weight is 1000 g/mol. The molecule has 0 aromatic rings. The summed E-state index contributed by atoms with van der Waals surface area (Å²) in [5.41, 5.74) is 0. The first-order valence-corrected chi connectivity index (χ1v) is 30.1. The lowest BCUT2D eigenvalue weighted by Gasteiger charge is -2.26. The lowest BCUT2D eigenvalue weighted by Crippen LogP contribution is -2.44. The van der Waals surface area contributed by atoms with Gasteiger partial charge >= 0.3 is 11.9 Å². The van der Waals surface area contributed by atoms with E-state index >= 15 is 0 Å². The van der Waals surface area contributed by atoms with E-state index in [1.807, 2.05) is 21.1 Å². The maximum absolute atomic E-state index is 12.8. The highest BCUT2D eigenvalue weighted by atomic mass is 16.7. The fraction of sp³-hybridized carbons (Fsp3) is 0.855. The molecule has 0 aliphatic heterocycles. The third kappa shape index (κ3) is 55.1. The van der Waals surface area contributed by atoms with Gasteiger partial charge < -0.3 is 33.3 Å². The molecule has 71 heavy (non-hydrogen) atoms. The number of aliphatic carboxylic acids is 1. The number of carbonyl (C=O) groups excluding carboxylic acids is 3. The number of nitrogens with zero attached hydrogens (tertiary/aromatic N) is 1. The molecule has 0 aliphatic carbocycles. The van der Waals surface area contributed by atoms with Crippen molar-refractivity contribution in [1.29, 1.82) is 0 Å². The van der Waals surface area contributed by atoms with Crippen LogP contribution in [0.1, 0.15) is 284 Å². The molecule has 0 aliphatic rings. The summed E-state index contributed by atoms with van der Waals surface area (Å²) in [7, 11) is 5.92. The van der Waals surface area contributed by atoms with Gasteiger partial charge in [-0.2, -0.15) is 0 Å². The molecule has 0 bridgehead atoms. The molecule has 0 radical (unpaired) electrons. The highest BCUT2D eigenvalue weighted by Gasteiger charge is 2.22. The van der Waals surface area contributed by atoms with Gasteiger partial charge in [-0.25, -0.2) is 0 Å². The zero-order chi connectivity index (χ0) is 52.0. The summed E-state index contributed by atoms with van der Waals surface area (Å²) < 4.78 is 22.6. The Morgan fingerprint density at radius 3 is 1.13 bits per heavy atom. The number of hydrogen-bond acceptors (Lipinski definition) is 8. The van der Waals surface area contributed by atoms with E-state index in [1.54, 1.807) is 0 Å². The Kier molecular flexibility index (Phi) is 51.9. The second-order valence-electron chi connectivity index (χ2n) is 21.6. The second kappa shape index (κ2) is 53.8.